The maximum absolute atomic E-state index is 11.9. The molecule has 1 atom stereocenters. The minimum atomic E-state index is -1.09. The predicted octanol–water partition coefficient (Wildman–Crippen LogP) is 2.11. The summed E-state index contributed by atoms with van der Waals surface area (Å²) >= 11 is 0. The summed E-state index contributed by atoms with van der Waals surface area (Å²) in [5.41, 5.74) is -1.70. The lowest BCUT2D eigenvalue weighted by Gasteiger charge is -2.51. The third-order valence-corrected chi connectivity index (χ3v) is 3.14. The molecule has 1 saturated heterocycles. The molecule has 0 aromatic rings. The predicted molar refractivity (Wildman–Crippen MR) is 62.8 cm³/mol. The number of amides is 1. The Morgan fingerprint density at radius 2 is 1.88 bits per heavy atom. The van der Waals surface area contributed by atoms with Crippen molar-refractivity contribution in [1.82, 2.24) is 4.90 Å². The van der Waals surface area contributed by atoms with Gasteiger partial charge in [0.25, 0.3) is 0 Å². The van der Waals surface area contributed by atoms with E-state index in [2.05, 4.69) is 0 Å². The summed E-state index contributed by atoms with van der Waals surface area (Å²) in [5, 5.41) is 9.32. The molecular weight excluding hydrogens is 222 g/mol. The number of carbonyl (C=O) groups excluding carboxylic acids is 1. The Morgan fingerprint density at radius 3 is 2.12 bits per heavy atom. The van der Waals surface area contributed by atoms with Gasteiger partial charge in [-0.1, -0.05) is 13.8 Å². The molecule has 1 fully saturated rings. The fourth-order valence-corrected chi connectivity index (χ4v) is 2.11. The van der Waals surface area contributed by atoms with Crippen molar-refractivity contribution in [3.63, 3.8) is 0 Å². The van der Waals surface area contributed by atoms with Gasteiger partial charge in [-0.3, -0.25) is 4.90 Å². The SMILES string of the molecule is CC(C)[C@@]1(C(=O)O)CCN1C(=O)OC(C)(C)C. The van der Waals surface area contributed by atoms with Crippen molar-refractivity contribution in [2.45, 2.75) is 52.2 Å². The van der Waals surface area contributed by atoms with E-state index in [0.29, 0.717) is 13.0 Å². The van der Waals surface area contributed by atoms with Gasteiger partial charge in [0, 0.05) is 6.54 Å². The molecule has 17 heavy (non-hydrogen) atoms. The van der Waals surface area contributed by atoms with Crippen molar-refractivity contribution in [3.05, 3.63) is 0 Å². The van der Waals surface area contributed by atoms with Crippen LogP contribution in [-0.2, 0) is 9.53 Å². The van der Waals surface area contributed by atoms with Gasteiger partial charge in [-0.15, -0.1) is 0 Å². The van der Waals surface area contributed by atoms with Gasteiger partial charge in [0.05, 0.1) is 0 Å². The van der Waals surface area contributed by atoms with Gasteiger partial charge < -0.3 is 9.84 Å². The summed E-state index contributed by atoms with van der Waals surface area (Å²) in [6.07, 6.45) is -0.0564. The Hall–Kier alpha value is -1.26. The van der Waals surface area contributed by atoms with Crippen LogP contribution in [0.1, 0.15) is 41.0 Å². The molecule has 0 saturated carbocycles. The second-order valence-corrected chi connectivity index (χ2v) is 5.77. The van der Waals surface area contributed by atoms with Crippen molar-refractivity contribution >= 4 is 12.1 Å². The van der Waals surface area contributed by atoms with E-state index < -0.39 is 23.2 Å². The maximum atomic E-state index is 11.9. The van der Waals surface area contributed by atoms with Gasteiger partial charge in [-0.05, 0) is 33.1 Å². The fourth-order valence-electron chi connectivity index (χ4n) is 2.11. The highest BCUT2D eigenvalue weighted by molar-refractivity contribution is 5.86. The zero-order valence-corrected chi connectivity index (χ0v) is 11.1. The number of hydrogen-bond acceptors (Lipinski definition) is 3. The van der Waals surface area contributed by atoms with Crippen LogP contribution in [0.4, 0.5) is 4.79 Å². The lowest BCUT2D eigenvalue weighted by molar-refractivity contribution is -0.165. The molecule has 0 radical (unpaired) electrons. The van der Waals surface area contributed by atoms with E-state index in [9.17, 15) is 14.7 Å². The summed E-state index contributed by atoms with van der Waals surface area (Å²) in [5.74, 6) is -1.09. The van der Waals surface area contributed by atoms with E-state index in [1.807, 2.05) is 13.8 Å². The molecule has 1 aliphatic heterocycles. The first-order valence-corrected chi connectivity index (χ1v) is 5.85. The van der Waals surface area contributed by atoms with Gasteiger partial charge >= 0.3 is 12.1 Å². The smallest absolute Gasteiger partial charge is 0.411 e. The van der Waals surface area contributed by atoms with Gasteiger partial charge in [-0.2, -0.15) is 0 Å². The lowest BCUT2D eigenvalue weighted by atomic mass is 9.75. The number of nitrogens with zero attached hydrogens (tertiary/aromatic N) is 1. The fraction of sp³-hybridized carbons (Fsp3) is 0.833. The number of likely N-dealkylation sites (tertiary alicyclic amines) is 1. The molecule has 0 aliphatic carbocycles. The van der Waals surface area contributed by atoms with E-state index in [1.165, 1.54) is 4.90 Å². The molecule has 0 aromatic heterocycles. The molecule has 5 nitrogen and oxygen atoms in total. The monoisotopic (exact) mass is 243 g/mol. The van der Waals surface area contributed by atoms with Gasteiger partial charge in [0.2, 0.25) is 0 Å². The van der Waals surface area contributed by atoms with Crippen molar-refractivity contribution in [3.8, 4) is 0 Å². The Morgan fingerprint density at radius 1 is 1.35 bits per heavy atom. The Balaban J connectivity index is 2.86. The van der Waals surface area contributed by atoms with E-state index in [-0.39, 0.29) is 5.92 Å². The van der Waals surface area contributed by atoms with Crippen LogP contribution in [0.15, 0.2) is 0 Å². The highest BCUT2D eigenvalue weighted by atomic mass is 16.6. The summed E-state index contributed by atoms with van der Waals surface area (Å²) in [7, 11) is 0. The second kappa shape index (κ2) is 4.20. The molecule has 5 heteroatoms. The number of hydrogen-bond donors (Lipinski definition) is 1. The molecule has 1 amide bonds. The first-order chi connectivity index (χ1) is 7.61. The number of carboxylic acids is 1. The molecule has 0 spiro atoms. The van der Waals surface area contributed by atoms with Crippen molar-refractivity contribution in [2.24, 2.45) is 5.92 Å². The number of aliphatic carboxylic acids is 1. The van der Waals surface area contributed by atoms with Gasteiger partial charge in [-0.25, -0.2) is 9.59 Å². The highest BCUT2D eigenvalue weighted by Crippen LogP contribution is 2.38. The molecule has 0 aromatic carbocycles. The molecule has 1 heterocycles. The standard InChI is InChI=1S/C12H21NO4/c1-8(2)12(9(14)15)6-7-13(12)10(16)17-11(3,4)5/h8H,6-7H2,1-5H3,(H,14,15)/t12-/m1/s1. The highest BCUT2D eigenvalue weighted by Gasteiger charge is 2.56. The van der Waals surface area contributed by atoms with Crippen molar-refractivity contribution in [1.29, 1.82) is 0 Å². The second-order valence-electron chi connectivity index (χ2n) is 5.77. The van der Waals surface area contributed by atoms with Crippen LogP contribution >= 0.6 is 0 Å². The van der Waals surface area contributed by atoms with Crippen LogP contribution < -0.4 is 0 Å². The number of carbonyl (C=O) groups is 2. The van der Waals surface area contributed by atoms with Gasteiger partial charge in [0.15, 0.2) is 0 Å². The van der Waals surface area contributed by atoms with Crippen LogP contribution in [0, 0.1) is 5.92 Å². The minimum absolute atomic E-state index is 0.138. The minimum Gasteiger partial charge on any atom is -0.479 e. The molecule has 0 unspecified atom stereocenters. The number of carboxylic acid groups (broad SMARTS) is 1. The van der Waals surface area contributed by atoms with E-state index in [4.69, 9.17) is 4.74 Å². The Kier molecular flexibility index (Phi) is 3.41. The summed E-state index contributed by atoms with van der Waals surface area (Å²) in [6, 6.07) is 0. The number of rotatable bonds is 2. The van der Waals surface area contributed by atoms with Crippen LogP contribution in [0.25, 0.3) is 0 Å². The first-order valence-electron chi connectivity index (χ1n) is 5.85. The zero-order chi connectivity index (χ0) is 13.4. The molecule has 98 valence electrons. The van der Waals surface area contributed by atoms with Crippen LogP contribution in [0.3, 0.4) is 0 Å². The zero-order valence-electron chi connectivity index (χ0n) is 11.1. The summed E-state index contributed by atoms with van der Waals surface area (Å²) < 4.78 is 5.22. The third-order valence-electron chi connectivity index (χ3n) is 3.14. The van der Waals surface area contributed by atoms with Crippen molar-refractivity contribution < 1.29 is 19.4 Å². The Bertz CT molecular complexity index is 332. The summed E-state index contributed by atoms with van der Waals surface area (Å²) in [4.78, 5) is 24.6. The van der Waals surface area contributed by atoms with Gasteiger partial charge in [0.1, 0.15) is 11.1 Å². The maximum Gasteiger partial charge on any atom is 0.411 e. The molecular formula is C12H21NO4. The molecule has 1 rings (SSSR count). The van der Waals surface area contributed by atoms with E-state index in [1.54, 1.807) is 20.8 Å². The van der Waals surface area contributed by atoms with E-state index >= 15 is 0 Å². The van der Waals surface area contributed by atoms with Crippen LogP contribution in [0.2, 0.25) is 0 Å². The van der Waals surface area contributed by atoms with E-state index in [0.717, 1.165) is 0 Å². The Labute approximate surface area is 102 Å². The average Bonchev–Trinajstić information content (AvgIpc) is 1.95. The first kappa shape index (κ1) is 13.8. The molecule has 1 N–H and O–H groups in total. The van der Waals surface area contributed by atoms with Crippen molar-refractivity contribution in [2.75, 3.05) is 6.54 Å². The number of ether oxygens (including phenoxy) is 1. The largest absolute Gasteiger partial charge is 0.479 e. The normalized spacial score (nSPS) is 24.5. The average molecular weight is 243 g/mol. The third kappa shape index (κ3) is 2.37. The summed E-state index contributed by atoms with van der Waals surface area (Å²) in [6.45, 7) is 9.36. The molecule has 1 aliphatic rings. The lowest BCUT2D eigenvalue weighted by Crippen LogP contribution is -2.69. The van der Waals surface area contributed by atoms with Crippen LogP contribution in [-0.4, -0.2) is 39.8 Å². The van der Waals surface area contributed by atoms with Crippen LogP contribution in [0.5, 0.6) is 0 Å². The molecule has 0 bridgehead atoms. The quantitative estimate of drug-likeness (QED) is 0.806. The topological polar surface area (TPSA) is 66.8 Å².